The van der Waals surface area contributed by atoms with E-state index in [0.717, 1.165) is 49.3 Å². The molecule has 2 atom stereocenters. The van der Waals surface area contributed by atoms with Crippen molar-refractivity contribution < 1.29 is 14.7 Å². The number of imidazole rings is 1. The number of hydrogen-bond acceptors (Lipinski definition) is 5. The van der Waals surface area contributed by atoms with E-state index in [1.165, 1.54) is 0 Å². The second-order valence-corrected chi connectivity index (χ2v) is 11.0. The van der Waals surface area contributed by atoms with E-state index < -0.39 is 5.60 Å². The van der Waals surface area contributed by atoms with Crippen molar-refractivity contribution in [3.05, 3.63) is 29.3 Å². The van der Waals surface area contributed by atoms with Gasteiger partial charge in [-0.15, -0.1) is 0 Å². The first kappa shape index (κ1) is 22.3. The SMILES string of the molecule is CC1(C)Cc2ncc(-c3cc(NC(=O)[C@H]4CCC[C@@H](NC(=O)C5(O)CC5)C4)ncc3Cl)n2C1. The Bertz CT molecular complexity index is 1110. The highest BCUT2D eigenvalue weighted by molar-refractivity contribution is 6.33. The van der Waals surface area contributed by atoms with Crippen molar-refractivity contribution in [3.8, 4) is 11.3 Å². The zero-order valence-electron chi connectivity index (χ0n) is 19.0. The molecule has 3 aliphatic rings. The van der Waals surface area contributed by atoms with Gasteiger partial charge in [-0.3, -0.25) is 9.59 Å². The van der Waals surface area contributed by atoms with Gasteiger partial charge in [0.15, 0.2) is 0 Å². The Labute approximate surface area is 198 Å². The molecule has 8 nitrogen and oxygen atoms in total. The lowest BCUT2D eigenvalue weighted by Crippen LogP contribution is -2.45. The van der Waals surface area contributed by atoms with Crippen molar-refractivity contribution in [2.24, 2.45) is 11.3 Å². The fraction of sp³-hybridized carbons (Fsp3) is 0.583. The molecule has 33 heavy (non-hydrogen) atoms. The zero-order chi connectivity index (χ0) is 23.4. The molecule has 0 saturated heterocycles. The number of halogens is 1. The normalized spacial score (nSPS) is 24.7. The summed E-state index contributed by atoms with van der Waals surface area (Å²) in [5, 5.41) is 16.4. The monoisotopic (exact) mass is 471 g/mol. The Morgan fingerprint density at radius 1 is 1.21 bits per heavy atom. The van der Waals surface area contributed by atoms with Gasteiger partial charge in [-0.05, 0) is 43.6 Å². The van der Waals surface area contributed by atoms with Gasteiger partial charge in [0.1, 0.15) is 17.2 Å². The first-order valence-corrected chi connectivity index (χ1v) is 12.1. The van der Waals surface area contributed by atoms with Crippen LogP contribution in [0.5, 0.6) is 0 Å². The largest absolute Gasteiger partial charge is 0.380 e. The summed E-state index contributed by atoms with van der Waals surface area (Å²) in [6, 6.07) is 1.71. The molecule has 2 saturated carbocycles. The van der Waals surface area contributed by atoms with Gasteiger partial charge in [-0.2, -0.15) is 0 Å². The van der Waals surface area contributed by atoms with Crippen LogP contribution < -0.4 is 10.6 Å². The molecule has 2 aliphatic carbocycles. The minimum Gasteiger partial charge on any atom is -0.380 e. The number of aliphatic hydroxyl groups is 1. The molecule has 1 aliphatic heterocycles. The van der Waals surface area contributed by atoms with Crippen LogP contribution in [-0.4, -0.2) is 43.1 Å². The maximum atomic E-state index is 13.0. The molecule has 0 radical (unpaired) electrons. The fourth-order valence-electron chi connectivity index (χ4n) is 5.01. The molecule has 9 heteroatoms. The van der Waals surface area contributed by atoms with Gasteiger partial charge in [0.2, 0.25) is 5.91 Å². The number of aromatic nitrogens is 3. The summed E-state index contributed by atoms with van der Waals surface area (Å²) in [7, 11) is 0. The van der Waals surface area contributed by atoms with Crippen molar-refractivity contribution in [2.45, 2.75) is 77.0 Å². The minimum atomic E-state index is -1.19. The lowest BCUT2D eigenvalue weighted by molar-refractivity contribution is -0.133. The molecular weight excluding hydrogens is 442 g/mol. The second-order valence-electron chi connectivity index (χ2n) is 10.6. The first-order valence-electron chi connectivity index (χ1n) is 11.7. The van der Waals surface area contributed by atoms with E-state index in [1.807, 2.05) is 6.20 Å². The molecule has 0 spiro atoms. The fourth-order valence-corrected chi connectivity index (χ4v) is 5.21. The van der Waals surface area contributed by atoms with E-state index in [4.69, 9.17) is 11.6 Å². The number of fused-ring (bicyclic) bond motifs is 1. The van der Waals surface area contributed by atoms with Gasteiger partial charge < -0.3 is 20.3 Å². The highest BCUT2D eigenvalue weighted by atomic mass is 35.5. The Balaban J connectivity index is 1.27. The van der Waals surface area contributed by atoms with E-state index >= 15 is 0 Å². The number of carbonyl (C=O) groups is 2. The average molecular weight is 472 g/mol. The van der Waals surface area contributed by atoms with Crippen LogP contribution in [0.3, 0.4) is 0 Å². The standard InChI is InChI=1S/C24H30ClN5O3/c1-23(2)10-20-27-12-18(30(20)13-23)16-9-19(26-11-17(16)25)29-21(31)14-4-3-5-15(8-14)28-22(32)24(33)6-7-24/h9,11-12,14-15,33H,3-8,10,13H2,1-2H3,(H,28,32)(H,26,29,31)/t14-,15+/m0/s1. The Hall–Kier alpha value is -2.45. The van der Waals surface area contributed by atoms with Gasteiger partial charge in [0.25, 0.3) is 5.91 Å². The van der Waals surface area contributed by atoms with Crippen molar-refractivity contribution in [1.82, 2.24) is 19.9 Å². The van der Waals surface area contributed by atoms with Crippen molar-refractivity contribution in [2.75, 3.05) is 5.32 Å². The molecule has 3 heterocycles. The summed E-state index contributed by atoms with van der Waals surface area (Å²) in [5.41, 5.74) is 0.681. The third kappa shape index (κ3) is 4.51. The predicted molar refractivity (Wildman–Crippen MR) is 125 cm³/mol. The van der Waals surface area contributed by atoms with Crippen LogP contribution in [0.1, 0.15) is 58.2 Å². The zero-order valence-corrected chi connectivity index (χ0v) is 19.8. The van der Waals surface area contributed by atoms with Gasteiger partial charge in [0, 0.05) is 36.7 Å². The van der Waals surface area contributed by atoms with Crippen LogP contribution in [0.15, 0.2) is 18.5 Å². The highest BCUT2D eigenvalue weighted by Gasteiger charge is 2.48. The molecule has 2 aromatic heterocycles. The average Bonchev–Trinajstić information content (AvgIpc) is 3.30. The molecule has 0 bridgehead atoms. The van der Waals surface area contributed by atoms with Crippen molar-refractivity contribution in [3.63, 3.8) is 0 Å². The maximum Gasteiger partial charge on any atom is 0.252 e. The molecule has 5 rings (SSSR count). The van der Waals surface area contributed by atoms with Crippen LogP contribution in [0.25, 0.3) is 11.3 Å². The van der Waals surface area contributed by atoms with Crippen LogP contribution in [0.4, 0.5) is 5.82 Å². The van der Waals surface area contributed by atoms with E-state index in [0.29, 0.717) is 30.1 Å². The summed E-state index contributed by atoms with van der Waals surface area (Å²) in [6.07, 6.45) is 8.31. The van der Waals surface area contributed by atoms with Crippen LogP contribution in [0, 0.1) is 11.3 Å². The van der Waals surface area contributed by atoms with Gasteiger partial charge >= 0.3 is 0 Å². The first-order chi connectivity index (χ1) is 15.6. The lowest BCUT2D eigenvalue weighted by atomic mass is 9.85. The van der Waals surface area contributed by atoms with Crippen LogP contribution in [0.2, 0.25) is 5.02 Å². The van der Waals surface area contributed by atoms with E-state index in [9.17, 15) is 14.7 Å². The minimum absolute atomic E-state index is 0.0990. The number of carbonyl (C=O) groups excluding carboxylic acids is 2. The number of amides is 2. The third-order valence-electron chi connectivity index (χ3n) is 7.07. The third-order valence-corrected chi connectivity index (χ3v) is 7.37. The smallest absolute Gasteiger partial charge is 0.252 e. The van der Waals surface area contributed by atoms with E-state index in [2.05, 4.69) is 39.0 Å². The van der Waals surface area contributed by atoms with Crippen LogP contribution in [-0.2, 0) is 22.6 Å². The summed E-state index contributed by atoms with van der Waals surface area (Å²) in [4.78, 5) is 34.1. The maximum absolute atomic E-state index is 13.0. The van der Waals surface area contributed by atoms with Gasteiger partial charge in [-0.1, -0.05) is 31.9 Å². The van der Waals surface area contributed by atoms with E-state index in [-0.39, 0.29) is 29.2 Å². The summed E-state index contributed by atoms with van der Waals surface area (Å²) < 4.78 is 2.19. The molecule has 0 unspecified atom stereocenters. The summed E-state index contributed by atoms with van der Waals surface area (Å²) in [5.74, 6) is 0.845. The lowest BCUT2D eigenvalue weighted by Gasteiger charge is -2.29. The number of nitrogens with zero attached hydrogens (tertiary/aromatic N) is 3. The number of hydrogen-bond donors (Lipinski definition) is 3. The quantitative estimate of drug-likeness (QED) is 0.619. The molecular formula is C24H30ClN5O3. The van der Waals surface area contributed by atoms with Gasteiger partial charge in [-0.25, -0.2) is 9.97 Å². The summed E-state index contributed by atoms with van der Waals surface area (Å²) >= 11 is 6.48. The molecule has 2 fully saturated rings. The van der Waals surface area contributed by atoms with Gasteiger partial charge in [0.05, 0.1) is 16.9 Å². The van der Waals surface area contributed by atoms with E-state index in [1.54, 1.807) is 12.3 Å². The predicted octanol–water partition coefficient (Wildman–Crippen LogP) is 3.32. The highest BCUT2D eigenvalue weighted by Crippen LogP contribution is 2.38. The molecule has 3 N–H and O–H groups in total. The number of pyridine rings is 1. The van der Waals surface area contributed by atoms with Crippen molar-refractivity contribution >= 4 is 29.2 Å². The second kappa shape index (κ2) is 8.09. The Morgan fingerprint density at radius 3 is 2.76 bits per heavy atom. The molecule has 2 aromatic rings. The number of anilines is 1. The Morgan fingerprint density at radius 2 is 2.00 bits per heavy atom. The molecule has 2 amide bonds. The molecule has 176 valence electrons. The topological polar surface area (TPSA) is 109 Å². The van der Waals surface area contributed by atoms with Crippen molar-refractivity contribution in [1.29, 1.82) is 0 Å². The Kier molecular flexibility index (Phi) is 5.48. The van der Waals surface area contributed by atoms with Crippen LogP contribution >= 0.6 is 11.6 Å². The molecule has 0 aromatic carbocycles. The number of rotatable bonds is 5. The summed E-state index contributed by atoms with van der Waals surface area (Å²) in [6.45, 7) is 5.30. The number of nitrogens with one attached hydrogen (secondary N) is 2.